The lowest BCUT2D eigenvalue weighted by Gasteiger charge is -2.30. The van der Waals surface area contributed by atoms with Crippen molar-refractivity contribution in [1.29, 1.82) is 0 Å². The van der Waals surface area contributed by atoms with Gasteiger partial charge in [0.25, 0.3) is 0 Å². The van der Waals surface area contributed by atoms with Crippen LogP contribution in [0.3, 0.4) is 0 Å². The first kappa shape index (κ1) is 20.3. The van der Waals surface area contributed by atoms with E-state index in [1.165, 1.54) is 6.33 Å². The van der Waals surface area contributed by atoms with E-state index in [1.807, 2.05) is 29.9 Å². The fourth-order valence-corrected chi connectivity index (χ4v) is 5.04. The second-order valence-corrected chi connectivity index (χ2v) is 9.42. The Bertz CT molecular complexity index is 1120. The van der Waals surface area contributed by atoms with Crippen molar-refractivity contribution >= 4 is 35.5 Å². The summed E-state index contributed by atoms with van der Waals surface area (Å²) in [5, 5.41) is 10.9. The molecule has 3 aromatic rings. The van der Waals surface area contributed by atoms with Crippen LogP contribution in [0.4, 0.5) is 5.82 Å². The van der Waals surface area contributed by atoms with Crippen molar-refractivity contribution < 1.29 is 23.8 Å². The summed E-state index contributed by atoms with van der Waals surface area (Å²) in [6, 6.07) is 3.75. The van der Waals surface area contributed by atoms with Gasteiger partial charge in [0.1, 0.15) is 24.6 Å². The number of anilines is 1. The van der Waals surface area contributed by atoms with Crippen molar-refractivity contribution in [2.45, 2.75) is 24.5 Å². The zero-order chi connectivity index (χ0) is 19.6. The molecule has 0 aromatic carbocycles. The third kappa shape index (κ3) is 3.16. The molecule has 12 nitrogen and oxygen atoms in total. The third-order valence-corrected chi connectivity index (χ3v) is 6.46. The smallest absolute Gasteiger partial charge is 0.325 e. The molecule has 0 bridgehead atoms. The Morgan fingerprint density at radius 3 is 2.90 bits per heavy atom. The molecule has 156 valence electrons. The maximum absolute atomic E-state index is 10.9. The van der Waals surface area contributed by atoms with Gasteiger partial charge in [0.15, 0.2) is 29.0 Å². The molecule has 7 N–H and O–H groups in total. The second-order valence-electron chi connectivity index (χ2n) is 6.63. The van der Waals surface area contributed by atoms with Crippen molar-refractivity contribution in [3.8, 4) is 11.5 Å². The first-order valence-corrected chi connectivity index (χ1v) is 11.0. The molecular weight excluding hydrogens is 421 g/mol. The predicted molar refractivity (Wildman–Crippen MR) is 106 cm³/mol. The molecule has 2 aliphatic heterocycles. The quantitative estimate of drug-likeness (QED) is 0.406. The van der Waals surface area contributed by atoms with Crippen LogP contribution in [0.25, 0.3) is 22.7 Å². The van der Waals surface area contributed by atoms with Crippen LogP contribution in [0.5, 0.6) is 0 Å². The Kier molecular flexibility index (Phi) is 4.96. The summed E-state index contributed by atoms with van der Waals surface area (Å²) in [4.78, 5) is 22.9. The van der Waals surface area contributed by atoms with E-state index in [0.717, 1.165) is 5.69 Å². The van der Waals surface area contributed by atoms with Crippen LogP contribution in [0, 0.1) is 0 Å². The average Bonchev–Trinajstić information content (AvgIpc) is 3.31. The first-order chi connectivity index (χ1) is 13.4. The number of hydrogen-bond acceptors (Lipinski definition) is 10. The van der Waals surface area contributed by atoms with Gasteiger partial charge in [0, 0.05) is 13.2 Å². The van der Waals surface area contributed by atoms with Crippen molar-refractivity contribution in [1.82, 2.24) is 30.2 Å². The van der Waals surface area contributed by atoms with E-state index in [-0.39, 0.29) is 18.6 Å². The molecule has 29 heavy (non-hydrogen) atoms. The zero-order valence-corrected chi connectivity index (χ0v) is 17.0. The molecule has 0 radical (unpaired) electrons. The molecule has 2 aliphatic rings. The van der Waals surface area contributed by atoms with Gasteiger partial charge in [-0.05, 0) is 23.9 Å². The van der Waals surface area contributed by atoms with Crippen molar-refractivity contribution in [3.63, 3.8) is 0 Å². The predicted octanol–water partition coefficient (Wildman–Crippen LogP) is 0.466. The lowest BCUT2D eigenvalue weighted by Crippen LogP contribution is -2.39. The number of fused-ring (bicyclic) bond motifs is 2. The summed E-state index contributed by atoms with van der Waals surface area (Å²) >= 11 is 4.91. The van der Waals surface area contributed by atoms with Gasteiger partial charge in [-0.1, -0.05) is 0 Å². The maximum atomic E-state index is 10.9. The van der Waals surface area contributed by atoms with E-state index in [9.17, 15) is 10.00 Å². The van der Waals surface area contributed by atoms with Gasteiger partial charge in [-0.3, -0.25) is 9.09 Å². The molecule has 0 amide bonds. The van der Waals surface area contributed by atoms with Crippen molar-refractivity contribution in [2.75, 3.05) is 12.3 Å². The van der Waals surface area contributed by atoms with E-state index in [4.69, 9.17) is 31.3 Å². The molecule has 0 aliphatic carbocycles. The van der Waals surface area contributed by atoms with Gasteiger partial charge in [-0.2, -0.15) is 0 Å². The minimum atomic E-state index is -3.40. The number of rotatable bonds is 2. The molecule has 0 saturated carbocycles. The number of aliphatic hydroxyl groups is 1. The maximum Gasteiger partial charge on any atom is 0.325 e. The second kappa shape index (κ2) is 7.07. The highest BCUT2D eigenvalue weighted by Crippen LogP contribution is 2.53. The van der Waals surface area contributed by atoms with E-state index in [0.29, 0.717) is 17.0 Å². The highest BCUT2D eigenvalue weighted by molar-refractivity contribution is 8.07. The van der Waals surface area contributed by atoms with Crippen molar-refractivity contribution in [3.05, 3.63) is 24.7 Å². The minimum Gasteiger partial charge on any atom is -0.386 e. The van der Waals surface area contributed by atoms with Crippen molar-refractivity contribution in [2.24, 2.45) is 7.05 Å². The van der Waals surface area contributed by atoms with E-state index in [1.54, 1.807) is 4.57 Å². The highest BCUT2D eigenvalue weighted by atomic mass is 32.5. The lowest BCUT2D eigenvalue weighted by molar-refractivity contribution is -0.0588. The number of aryl methyl sites for hydroxylation is 1. The molecule has 2 fully saturated rings. The van der Waals surface area contributed by atoms with Crippen LogP contribution < -0.4 is 11.9 Å². The molecule has 14 heteroatoms. The van der Waals surface area contributed by atoms with Crippen LogP contribution >= 0.6 is 6.72 Å². The van der Waals surface area contributed by atoms with Crippen LogP contribution in [0.2, 0.25) is 0 Å². The number of nitrogens with two attached hydrogens (primary N) is 1. The largest absolute Gasteiger partial charge is 0.386 e. The number of nitrogen functional groups attached to an aromatic ring is 1. The first-order valence-electron chi connectivity index (χ1n) is 8.45. The van der Waals surface area contributed by atoms with E-state index >= 15 is 0 Å². The van der Waals surface area contributed by atoms with Crippen LogP contribution in [-0.4, -0.2) is 59.0 Å². The molecule has 5 heterocycles. The van der Waals surface area contributed by atoms with Gasteiger partial charge >= 0.3 is 6.72 Å². The number of hydrogen-bond donors (Lipinski definition) is 4. The molecule has 1 unspecified atom stereocenters. The van der Waals surface area contributed by atoms with Gasteiger partial charge in [0.2, 0.25) is 0 Å². The Labute approximate surface area is 170 Å². The molecule has 2 saturated heterocycles. The number of aromatic nitrogens is 5. The van der Waals surface area contributed by atoms with Crippen LogP contribution in [0.15, 0.2) is 24.7 Å². The lowest BCUT2D eigenvalue weighted by atomic mass is 10.1. The Morgan fingerprint density at radius 1 is 1.38 bits per heavy atom. The van der Waals surface area contributed by atoms with Crippen LogP contribution in [-0.2, 0) is 32.6 Å². The Hall–Kier alpha value is -1.96. The fourth-order valence-electron chi connectivity index (χ4n) is 3.59. The Morgan fingerprint density at radius 2 is 2.17 bits per heavy atom. The topological polar surface area (TPSA) is 178 Å². The SMILES string of the molecule is Cn1cccc1-c1nc2c(N)ncnc2n1[C@@H]1O[C@@H]2COP(O)(=S)O[C@H]2[C@H]1O.N. The number of aliphatic hydroxyl groups excluding tert-OH is 1. The van der Waals surface area contributed by atoms with E-state index < -0.39 is 31.3 Å². The van der Waals surface area contributed by atoms with Gasteiger partial charge in [0.05, 0.1) is 12.3 Å². The molecule has 5 atom stereocenters. The summed E-state index contributed by atoms with van der Waals surface area (Å²) < 4.78 is 20.1. The molecule has 0 spiro atoms. The monoisotopic (exact) mass is 441 g/mol. The molecule has 3 aromatic heterocycles. The number of imidazole rings is 1. The zero-order valence-electron chi connectivity index (χ0n) is 15.3. The third-order valence-electron chi connectivity index (χ3n) is 4.90. The van der Waals surface area contributed by atoms with Gasteiger partial charge in [-0.15, -0.1) is 0 Å². The summed E-state index contributed by atoms with van der Waals surface area (Å²) in [5.74, 6) is 0.719. The summed E-state index contributed by atoms with van der Waals surface area (Å²) in [7, 11) is 1.87. The molecule has 5 rings (SSSR count). The minimum absolute atomic E-state index is 0. The van der Waals surface area contributed by atoms with E-state index in [2.05, 4.69) is 15.0 Å². The summed E-state index contributed by atoms with van der Waals surface area (Å²) in [6.07, 6.45) is -0.245. The standard InChI is InChI=1S/C15H17N6O5PS.H3N/c1-20-4-2-3-7(20)13-19-9-12(16)17-6-18-14(9)21(13)15-10(22)11-8(25-15)5-24-27(23,28)26-11;/h2-4,6,8,10-11,15,22H,5H2,1H3,(H,23,28)(H2,16,17,18);1H3/t8-,10-,11-,15-,27?;/m1./s1. The van der Waals surface area contributed by atoms with Gasteiger partial charge in [-0.25, -0.2) is 15.0 Å². The fraction of sp³-hybridized carbons (Fsp3) is 0.400. The average molecular weight is 441 g/mol. The van der Waals surface area contributed by atoms with Crippen LogP contribution in [0.1, 0.15) is 6.23 Å². The number of ether oxygens (including phenoxy) is 1. The van der Waals surface area contributed by atoms with Gasteiger partial charge < -0.3 is 35.7 Å². The summed E-state index contributed by atoms with van der Waals surface area (Å²) in [5.41, 5.74) is 7.57. The normalized spacial score (nSPS) is 31.6. The summed E-state index contributed by atoms with van der Waals surface area (Å²) in [6.45, 7) is -3.38. The molecular formula is C15H20N7O5PS. The Balaban J connectivity index is 0.00000205. The highest BCUT2D eigenvalue weighted by Gasteiger charge is 2.52. The number of nitrogens with zero attached hydrogens (tertiary/aromatic N) is 5.